The van der Waals surface area contributed by atoms with Gasteiger partial charge < -0.3 is 44.3 Å². The van der Waals surface area contributed by atoms with Gasteiger partial charge in [0, 0.05) is 82.4 Å². The number of piperazine rings is 1. The van der Waals surface area contributed by atoms with Crippen LogP contribution < -0.4 is 20.1 Å². The number of hydrogen-bond donors (Lipinski definition) is 1. The van der Waals surface area contributed by atoms with Gasteiger partial charge in [0.05, 0.1) is 12.1 Å². The lowest BCUT2D eigenvalue weighted by molar-refractivity contribution is 0.0237. The van der Waals surface area contributed by atoms with Gasteiger partial charge in [-0.05, 0) is 120 Å². The van der Waals surface area contributed by atoms with Crippen LogP contribution in [0.1, 0.15) is 139 Å². The summed E-state index contributed by atoms with van der Waals surface area (Å²) in [5.41, 5.74) is 7.83. The quantitative estimate of drug-likeness (QED) is 0.278. The second kappa shape index (κ2) is 18.1. The van der Waals surface area contributed by atoms with Crippen molar-refractivity contribution in [3.8, 4) is 11.5 Å². The van der Waals surface area contributed by atoms with Gasteiger partial charge in [-0.15, -0.1) is 0 Å². The molecule has 0 bridgehead atoms. The highest BCUT2D eigenvalue weighted by Crippen LogP contribution is 2.46. The molecule has 0 spiro atoms. The Morgan fingerprint density at radius 3 is 1.75 bits per heavy atom. The second-order valence-corrected chi connectivity index (χ2v) is 20.2. The van der Waals surface area contributed by atoms with Gasteiger partial charge in [0.1, 0.15) is 34.9 Å². The Balaban J connectivity index is 1.10. The largest absolute Gasteiger partial charge is 0.489 e. The fourth-order valence-corrected chi connectivity index (χ4v) is 8.90. The van der Waals surface area contributed by atoms with Crippen LogP contribution in [0.2, 0.25) is 0 Å². The minimum Gasteiger partial charge on any atom is -0.489 e. The Kier molecular flexibility index (Phi) is 13.5. The van der Waals surface area contributed by atoms with E-state index in [9.17, 15) is 19.2 Å². The molecule has 13 heteroatoms. The second-order valence-electron chi connectivity index (χ2n) is 20.2. The summed E-state index contributed by atoms with van der Waals surface area (Å²) in [5, 5.41) is 0. The molecule has 60 heavy (non-hydrogen) atoms. The van der Waals surface area contributed by atoms with Crippen LogP contribution in [-0.2, 0) is 9.47 Å². The van der Waals surface area contributed by atoms with Gasteiger partial charge in [0.15, 0.2) is 0 Å². The predicted octanol–water partition coefficient (Wildman–Crippen LogP) is 8.23. The number of nitrogens with two attached hydrogens (primary N) is 1. The summed E-state index contributed by atoms with van der Waals surface area (Å²) in [6, 6.07) is 11.3. The van der Waals surface area contributed by atoms with Crippen LogP contribution in [0.25, 0.3) is 0 Å². The number of rotatable bonds is 8. The molecule has 0 unspecified atom stereocenters. The molecule has 13 nitrogen and oxygen atoms in total. The summed E-state index contributed by atoms with van der Waals surface area (Å²) < 4.78 is 24.3. The van der Waals surface area contributed by atoms with E-state index in [-0.39, 0.29) is 41.6 Å². The van der Waals surface area contributed by atoms with Crippen molar-refractivity contribution in [3.63, 3.8) is 0 Å². The summed E-state index contributed by atoms with van der Waals surface area (Å²) in [5.74, 6) is 1.56. The minimum absolute atomic E-state index is 0.0214. The summed E-state index contributed by atoms with van der Waals surface area (Å²) in [6.07, 6.45) is 5.22. The molecule has 6 rings (SSSR count). The number of primary amides is 1. The van der Waals surface area contributed by atoms with Crippen LogP contribution in [0.4, 0.5) is 15.3 Å². The number of likely N-dealkylation sites (tertiary alicyclic amines) is 2. The molecule has 4 fully saturated rings. The maximum atomic E-state index is 14.2. The van der Waals surface area contributed by atoms with Gasteiger partial charge >= 0.3 is 12.2 Å². The fraction of sp³-hybridized carbons (Fsp3) is 0.660. The van der Waals surface area contributed by atoms with E-state index in [1.54, 1.807) is 15.9 Å². The number of carbonyl (C=O) groups is 4. The first kappa shape index (κ1) is 44.9. The normalized spacial score (nSPS) is 22.1. The molecule has 2 aromatic rings. The topological polar surface area (TPSA) is 144 Å². The molecule has 1 saturated carbocycles. The third kappa shape index (κ3) is 11.6. The number of nitrogens with zero attached hydrogens (tertiary/aromatic N) is 4. The Morgan fingerprint density at radius 1 is 0.600 bits per heavy atom. The third-order valence-corrected chi connectivity index (χ3v) is 12.3. The molecule has 3 heterocycles. The molecule has 4 amide bonds. The predicted molar refractivity (Wildman–Crippen MR) is 232 cm³/mol. The van der Waals surface area contributed by atoms with Crippen molar-refractivity contribution in [1.29, 1.82) is 0 Å². The summed E-state index contributed by atoms with van der Waals surface area (Å²) >= 11 is 0. The standard InChI is InChI=1S/C47H69N5O8/c1-45(2,3)33-13-10-31(11-14-33)38-28-32(12-17-39(38)58-36-20-23-52(30-36)44(56)60-47(7,8)9)42(54)50-21-18-35(19-22-50)57-40-29-34(15-16-37(40)41(48)53)49-24-26-51(27-25-49)43(55)59-46(4,5)6/h12,15-17,28-29,31,33,35-36H,10-11,13-14,18-27,30H2,1-9H3,(H2,48,53)/t31?,33?,36-/m0/s1. The van der Waals surface area contributed by atoms with E-state index in [0.29, 0.717) is 94.4 Å². The number of amides is 4. The molecule has 1 atom stereocenters. The molecular weight excluding hydrogens is 763 g/mol. The van der Waals surface area contributed by atoms with Gasteiger partial charge in [0.25, 0.3) is 11.8 Å². The number of anilines is 1. The lowest BCUT2D eigenvalue weighted by atomic mass is 9.68. The smallest absolute Gasteiger partial charge is 0.410 e. The van der Waals surface area contributed by atoms with Gasteiger partial charge in [-0.3, -0.25) is 9.59 Å². The van der Waals surface area contributed by atoms with Crippen LogP contribution in [0.15, 0.2) is 36.4 Å². The van der Waals surface area contributed by atoms with Crippen LogP contribution >= 0.6 is 0 Å². The van der Waals surface area contributed by atoms with E-state index < -0.39 is 17.1 Å². The fourth-order valence-electron chi connectivity index (χ4n) is 8.90. The van der Waals surface area contributed by atoms with E-state index >= 15 is 0 Å². The van der Waals surface area contributed by atoms with Crippen LogP contribution in [-0.4, -0.2) is 114 Å². The molecule has 2 N–H and O–H groups in total. The Morgan fingerprint density at radius 2 is 1.17 bits per heavy atom. The van der Waals surface area contributed by atoms with Crippen molar-refractivity contribution in [1.82, 2.24) is 14.7 Å². The van der Waals surface area contributed by atoms with Crippen molar-refractivity contribution < 1.29 is 38.1 Å². The van der Waals surface area contributed by atoms with Crippen molar-refractivity contribution in [3.05, 3.63) is 53.1 Å². The first-order valence-corrected chi connectivity index (χ1v) is 22.0. The first-order valence-electron chi connectivity index (χ1n) is 22.0. The molecule has 0 aromatic heterocycles. The zero-order valence-corrected chi connectivity index (χ0v) is 37.5. The molecule has 3 saturated heterocycles. The van der Waals surface area contributed by atoms with Gasteiger partial charge in [0.2, 0.25) is 0 Å². The number of ether oxygens (including phenoxy) is 4. The van der Waals surface area contributed by atoms with E-state index in [0.717, 1.165) is 42.7 Å². The summed E-state index contributed by atoms with van der Waals surface area (Å²) in [6.45, 7) is 22.5. The Bertz CT molecular complexity index is 1860. The van der Waals surface area contributed by atoms with Gasteiger partial charge in [-0.1, -0.05) is 20.8 Å². The average molecular weight is 832 g/mol. The summed E-state index contributed by atoms with van der Waals surface area (Å²) in [4.78, 5) is 59.5. The van der Waals surface area contributed by atoms with Gasteiger partial charge in [-0.2, -0.15) is 0 Å². The van der Waals surface area contributed by atoms with Gasteiger partial charge in [-0.25, -0.2) is 9.59 Å². The third-order valence-electron chi connectivity index (χ3n) is 12.3. The lowest BCUT2D eigenvalue weighted by Gasteiger charge is -2.38. The molecule has 330 valence electrons. The highest BCUT2D eigenvalue weighted by Gasteiger charge is 2.35. The monoisotopic (exact) mass is 832 g/mol. The zero-order valence-electron chi connectivity index (χ0n) is 37.5. The Hall–Kier alpha value is -4.68. The van der Waals surface area contributed by atoms with E-state index in [2.05, 4.69) is 31.7 Å². The molecule has 0 radical (unpaired) electrons. The molecule has 4 aliphatic rings. The summed E-state index contributed by atoms with van der Waals surface area (Å²) in [7, 11) is 0. The molecule has 2 aromatic carbocycles. The molecule has 3 aliphatic heterocycles. The van der Waals surface area contributed by atoms with Crippen molar-refractivity contribution in [2.45, 2.75) is 137 Å². The van der Waals surface area contributed by atoms with Crippen LogP contribution in [0.5, 0.6) is 11.5 Å². The molecule has 1 aliphatic carbocycles. The number of piperidine rings is 1. The zero-order chi connectivity index (χ0) is 43.6. The highest BCUT2D eigenvalue weighted by molar-refractivity contribution is 5.96. The van der Waals surface area contributed by atoms with Crippen molar-refractivity contribution in [2.75, 3.05) is 57.3 Å². The van der Waals surface area contributed by atoms with Crippen molar-refractivity contribution >= 4 is 29.7 Å². The van der Waals surface area contributed by atoms with E-state index in [4.69, 9.17) is 24.7 Å². The van der Waals surface area contributed by atoms with E-state index in [1.807, 2.05) is 70.7 Å². The van der Waals surface area contributed by atoms with Crippen LogP contribution in [0, 0.1) is 11.3 Å². The minimum atomic E-state index is -0.567. The molecular formula is C47H69N5O8. The first-order chi connectivity index (χ1) is 28.1. The maximum Gasteiger partial charge on any atom is 0.410 e. The average Bonchev–Trinajstić information content (AvgIpc) is 3.65. The lowest BCUT2D eigenvalue weighted by Crippen LogP contribution is -2.50. The SMILES string of the molecule is CC(C)(C)OC(=O)N1CCN(c2ccc(C(N)=O)c(OC3CCN(C(=O)c4ccc(O[C@H]5CCN(C(=O)OC(C)(C)C)C5)c(C5CCC(C(C)(C)C)CC5)c4)CC3)c2)CC1. The van der Waals surface area contributed by atoms with Crippen LogP contribution in [0.3, 0.4) is 0 Å². The maximum absolute atomic E-state index is 14.2. The number of carbonyl (C=O) groups excluding carboxylic acids is 4. The highest BCUT2D eigenvalue weighted by atomic mass is 16.6. The Labute approximate surface area is 357 Å². The van der Waals surface area contributed by atoms with E-state index in [1.165, 1.54) is 0 Å². The van der Waals surface area contributed by atoms with Crippen molar-refractivity contribution in [2.24, 2.45) is 17.1 Å². The number of hydrogen-bond acceptors (Lipinski definition) is 9. The number of benzene rings is 2.